The van der Waals surface area contributed by atoms with Gasteiger partial charge in [-0.25, -0.2) is 9.97 Å². The molecule has 96 valence electrons. The minimum atomic E-state index is -0.538. The van der Waals surface area contributed by atoms with Crippen LogP contribution in [0, 0.1) is 14.9 Å². The molecule has 0 fully saturated rings. The fourth-order valence-electron chi connectivity index (χ4n) is 1.28. The number of hydrogen-bond donors (Lipinski definition) is 2. The molecular weight excluding hydrogens is 270 g/mol. The number of carbonyl (C=O) groups is 1. The molecular formula is C10H7N5O3S. The lowest BCUT2D eigenvalue weighted by Crippen LogP contribution is -2.14. The van der Waals surface area contributed by atoms with Crippen LogP contribution in [0.25, 0.3) is 0 Å². The number of hydrogen-bond acceptors (Lipinski definition) is 6. The molecule has 0 saturated heterocycles. The Kier molecular flexibility index (Phi) is 3.57. The third-order valence-electron chi connectivity index (χ3n) is 2.16. The summed E-state index contributed by atoms with van der Waals surface area (Å²) in [5, 5.41) is 12.9. The van der Waals surface area contributed by atoms with Gasteiger partial charge in [0.2, 0.25) is 10.7 Å². The van der Waals surface area contributed by atoms with Crippen molar-refractivity contribution in [2.75, 3.05) is 5.32 Å². The molecule has 1 amide bonds. The number of non-ortho nitro benzene ring substituents is 1. The fourth-order valence-corrected chi connectivity index (χ4v) is 1.43. The van der Waals surface area contributed by atoms with Crippen LogP contribution in [0.1, 0.15) is 10.4 Å². The Morgan fingerprint density at radius 3 is 2.58 bits per heavy atom. The van der Waals surface area contributed by atoms with Crippen molar-refractivity contribution >= 4 is 29.8 Å². The van der Waals surface area contributed by atoms with Gasteiger partial charge in [0.15, 0.2) is 0 Å². The number of nitrogens with zero attached hydrogens (tertiary/aromatic N) is 3. The Balaban J connectivity index is 2.16. The first-order chi connectivity index (χ1) is 9.06. The van der Waals surface area contributed by atoms with E-state index in [-0.39, 0.29) is 22.0 Å². The number of carbonyl (C=O) groups excluding carboxylic acids is 1. The molecule has 0 bridgehead atoms. The lowest BCUT2D eigenvalue weighted by Gasteiger charge is -2.03. The minimum absolute atomic E-state index is 0.0852. The molecule has 0 spiro atoms. The average molecular weight is 277 g/mol. The van der Waals surface area contributed by atoms with Crippen molar-refractivity contribution in [3.8, 4) is 0 Å². The van der Waals surface area contributed by atoms with Crippen molar-refractivity contribution in [1.82, 2.24) is 15.0 Å². The second-order valence-electron chi connectivity index (χ2n) is 3.41. The molecule has 0 aliphatic carbocycles. The predicted molar refractivity (Wildman–Crippen MR) is 68.3 cm³/mol. The molecule has 0 aliphatic rings. The van der Waals surface area contributed by atoms with Crippen LogP contribution in [0.3, 0.4) is 0 Å². The van der Waals surface area contributed by atoms with Gasteiger partial charge in [0.05, 0.1) is 4.92 Å². The van der Waals surface area contributed by atoms with Crippen molar-refractivity contribution in [1.29, 1.82) is 0 Å². The zero-order valence-corrected chi connectivity index (χ0v) is 10.2. The summed E-state index contributed by atoms with van der Waals surface area (Å²) in [7, 11) is 0. The number of H-pyrrole nitrogens is 1. The topological polar surface area (TPSA) is 114 Å². The van der Waals surface area contributed by atoms with Gasteiger partial charge in [-0.2, -0.15) is 0 Å². The standard InChI is InChI=1S/C10H7N5O3S/c16-8(13-9-11-5-12-10(19)14-9)6-1-3-7(4-2-6)15(17)18/h1-5H,(H2,11,12,13,14,16,19). The normalized spacial score (nSPS) is 9.89. The molecule has 2 rings (SSSR count). The van der Waals surface area contributed by atoms with Crippen LogP contribution in [0.5, 0.6) is 0 Å². The van der Waals surface area contributed by atoms with Crippen LogP contribution < -0.4 is 5.32 Å². The highest BCUT2D eigenvalue weighted by Gasteiger charge is 2.10. The molecule has 19 heavy (non-hydrogen) atoms. The van der Waals surface area contributed by atoms with E-state index in [4.69, 9.17) is 12.2 Å². The predicted octanol–water partition coefficient (Wildman–Crippen LogP) is 1.69. The minimum Gasteiger partial charge on any atom is -0.301 e. The summed E-state index contributed by atoms with van der Waals surface area (Å²) in [5.41, 5.74) is 0.182. The van der Waals surface area contributed by atoms with E-state index >= 15 is 0 Å². The van der Waals surface area contributed by atoms with Gasteiger partial charge in [-0.05, 0) is 24.4 Å². The molecule has 0 aliphatic heterocycles. The highest BCUT2D eigenvalue weighted by molar-refractivity contribution is 7.71. The van der Waals surface area contributed by atoms with E-state index < -0.39 is 10.8 Å². The SMILES string of the molecule is O=C(Nc1ncnc(=S)[nH]1)c1ccc([N+](=O)[O-])cc1. The van der Waals surface area contributed by atoms with Crippen molar-refractivity contribution < 1.29 is 9.72 Å². The van der Waals surface area contributed by atoms with Gasteiger partial charge < -0.3 is 4.98 Å². The van der Waals surface area contributed by atoms with Gasteiger partial charge in [-0.1, -0.05) is 0 Å². The number of benzene rings is 1. The number of amides is 1. The summed E-state index contributed by atoms with van der Waals surface area (Å²) < 4.78 is 0.189. The molecule has 0 unspecified atom stereocenters. The van der Waals surface area contributed by atoms with Crippen LogP contribution in [0.4, 0.5) is 11.6 Å². The molecule has 2 N–H and O–H groups in total. The highest BCUT2D eigenvalue weighted by Crippen LogP contribution is 2.12. The summed E-state index contributed by atoms with van der Waals surface area (Å²) in [4.78, 5) is 31.8. The second-order valence-corrected chi connectivity index (χ2v) is 3.80. The van der Waals surface area contributed by atoms with Crippen molar-refractivity contribution in [3.05, 3.63) is 51.0 Å². The molecule has 0 atom stereocenters. The van der Waals surface area contributed by atoms with E-state index in [1.807, 2.05) is 0 Å². The number of nitro groups is 1. The second kappa shape index (κ2) is 5.31. The molecule has 9 heteroatoms. The van der Waals surface area contributed by atoms with E-state index in [2.05, 4.69) is 20.3 Å². The number of aromatic nitrogens is 3. The van der Waals surface area contributed by atoms with E-state index in [9.17, 15) is 14.9 Å². The summed E-state index contributed by atoms with van der Waals surface area (Å²) >= 11 is 4.78. The van der Waals surface area contributed by atoms with Crippen molar-refractivity contribution in [3.63, 3.8) is 0 Å². The van der Waals surface area contributed by atoms with Crippen LogP contribution in [0.2, 0.25) is 0 Å². The van der Waals surface area contributed by atoms with Gasteiger partial charge in [-0.3, -0.25) is 20.2 Å². The summed E-state index contributed by atoms with van der Waals surface area (Å²) in [6.45, 7) is 0. The molecule has 2 aromatic rings. The van der Waals surface area contributed by atoms with E-state index in [1.165, 1.54) is 30.6 Å². The third-order valence-corrected chi connectivity index (χ3v) is 2.37. The smallest absolute Gasteiger partial charge is 0.269 e. The number of aromatic amines is 1. The molecule has 0 radical (unpaired) electrons. The van der Waals surface area contributed by atoms with Gasteiger partial charge >= 0.3 is 0 Å². The lowest BCUT2D eigenvalue weighted by molar-refractivity contribution is -0.384. The van der Waals surface area contributed by atoms with Crippen LogP contribution in [0.15, 0.2) is 30.6 Å². The Hall–Kier alpha value is -2.68. The first-order valence-electron chi connectivity index (χ1n) is 5.03. The first kappa shape index (κ1) is 12.8. The van der Waals surface area contributed by atoms with E-state index in [0.29, 0.717) is 0 Å². The number of rotatable bonds is 3. The van der Waals surface area contributed by atoms with Gasteiger partial charge in [-0.15, -0.1) is 0 Å². The summed E-state index contributed by atoms with van der Waals surface area (Å²) in [6, 6.07) is 5.20. The van der Waals surface area contributed by atoms with Gasteiger partial charge in [0, 0.05) is 17.7 Å². The summed E-state index contributed by atoms with van der Waals surface area (Å²) in [5.74, 6) is -0.303. The van der Waals surface area contributed by atoms with E-state index in [1.54, 1.807) is 0 Å². The van der Waals surface area contributed by atoms with Crippen LogP contribution in [-0.4, -0.2) is 25.8 Å². The number of anilines is 1. The molecule has 1 aromatic heterocycles. The zero-order valence-electron chi connectivity index (χ0n) is 9.36. The maximum Gasteiger partial charge on any atom is 0.269 e. The maximum absolute atomic E-state index is 11.8. The fraction of sp³-hybridized carbons (Fsp3) is 0. The maximum atomic E-state index is 11.8. The molecule has 1 aromatic carbocycles. The third kappa shape index (κ3) is 3.16. The monoisotopic (exact) mass is 277 g/mol. The van der Waals surface area contributed by atoms with Crippen LogP contribution >= 0.6 is 12.2 Å². The Morgan fingerprint density at radius 1 is 1.32 bits per heavy atom. The molecule has 0 saturated carbocycles. The number of nitro benzene ring substituents is 1. The largest absolute Gasteiger partial charge is 0.301 e. The molecule has 1 heterocycles. The van der Waals surface area contributed by atoms with Gasteiger partial charge in [0.25, 0.3) is 11.6 Å². The molecule has 8 nitrogen and oxygen atoms in total. The highest BCUT2D eigenvalue weighted by atomic mass is 32.1. The lowest BCUT2D eigenvalue weighted by atomic mass is 10.2. The first-order valence-corrected chi connectivity index (χ1v) is 5.44. The van der Waals surface area contributed by atoms with E-state index in [0.717, 1.165) is 0 Å². The van der Waals surface area contributed by atoms with Crippen LogP contribution in [-0.2, 0) is 0 Å². The Morgan fingerprint density at radius 2 is 2.00 bits per heavy atom. The van der Waals surface area contributed by atoms with Gasteiger partial charge in [0.1, 0.15) is 6.33 Å². The van der Waals surface area contributed by atoms with Crippen molar-refractivity contribution in [2.24, 2.45) is 0 Å². The Labute approximate surface area is 111 Å². The van der Waals surface area contributed by atoms with Crippen molar-refractivity contribution in [2.45, 2.75) is 0 Å². The average Bonchev–Trinajstić information content (AvgIpc) is 2.39. The number of nitrogens with one attached hydrogen (secondary N) is 2. The quantitative estimate of drug-likeness (QED) is 0.501. The summed E-state index contributed by atoms with van der Waals surface area (Å²) in [6.07, 6.45) is 1.21. The Bertz CT molecular complexity index is 682. The zero-order chi connectivity index (χ0) is 13.8.